The number of nitriles is 1. The molecule has 0 saturated heterocycles. The Balaban J connectivity index is 0.00000226. The fourth-order valence-electron chi connectivity index (χ4n) is 3.87. The van der Waals surface area contributed by atoms with E-state index in [2.05, 4.69) is 4.98 Å². The number of aliphatic carboxylic acids is 1. The topological polar surface area (TPSA) is 119 Å². The van der Waals surface area contributed by atoms with Gasteiger partial charge in [0.05, 0.1) is 16.1 Å². The summed E-state index contributed by atoms with van der Waals surface area (Å²) in [4.78, 5) is 26.5. The van der Waals surface area contributed by atoms with Crippen LogP contribution in [0.15, 0.2) is 73.1 Å². The lowest BCUT2D eigenvalue weighted by molar-refractivity contribution is -0.139. The predicted molar refractivity (Wildman–Crippen MR) is 156 cm³/mol. The number of benzene rings is 3. The Morgan fingerprint density at radius 3 is 2.49 bits per heavy atom. The molecule has 0 aliphatic carbocycles. The highest BCUT2D eigenvalue weighted by molar-refractivity contribution is 6.32. The average molecular weight is 573 g/mol. The second-order valence-corrected chi connectivity index (χ2v) is 8.92. The Bertz CT molecular complexity index is 1560. The average Bonchev–Trinajstić information content (AvgIpc) is 3.00. The molecule has 0 aliphatic heterocycles. The summed E-state index contributed by atoms with van der Waals surface area (Å²) in [5.41, 5.74) is 5.03. The summed E-state index contributed by atoms with van der Waals surface area (Å²) in [7, 11) is 0. The number of hydrogen-bond acceptors (Lipinski definition) is 7. The number of carbonyl (C=O) groups excluding carboxylic acids is 1. The Morgan fingerprint density at radius 1 is 1.00 bits per heavy atom. The molecule has 8 nitrogen and oxygen atoms in total. The third-order valence-electron chi connectivity index (χ3n) is 5.85. The number of carbonyl (C=O) groups is 2. The van der Waals surface area contributed by atoms with E-state index in [0.29, 0.717) is 28.9 Å². The van der Waals surface area contributed by atoms with E-state index in [1.54, 1.807) is 36.5 Å². The standard InChI is InChI=1S/C30H23ClN2O6.C2H6/c1-19-23(5-3-7-26(19)22-4-2-6-25(9-22)37-18-30(35)36)17-39-29-11-28(24(15-34)10-27(29)31)38-16-21-8-20(12-32)13-33-14-21;1-2/h2-11,13-15H,16-18H2,1H3,(H,35,36);1-2H3. The van der Waals surface area contributed by atoms with Gasteiger partial charge in [0.25, 0.3) is 0 Å². The van der Waals surface area contributed by atoms with Crippen LogP contribution in [0.4, 0.5) is 0 Å². The van der Waals surface area contributed by atoms with E-state index in [0.717, 1.165) is 22.3 Å². The third-order valence-corrected chi connectivity index (χ3v) is 6.14. The van der Waals surface area contributed by atoms with Crippen LogP contribution in [0.5, 0.6) is 17.2 Å². The zero-order chi connectivity index (χ0) is 29.8. The SMILES string of the molecule is CC.Cc1c(COc2cc(OCc3cncc(C#N)c3)c(C=O)cc2Cl)cccc1-c1cccc(OCC(=O)O)c1. The molecule has 4 aromatic rings. The summed E-state index contributed by atoms with van der Waals surface area (Å²) in [5, 5.41) is 18.2. The van der Waals surface area contributed by atoms with Crippen LogP contribution in [0.25, 0.3) is 11.1 Å². The lowest BCUT2D eigenvalue weighted by atomic mass is 9.96. The van der Waals surface area contributed by atoms with E-state index in [1.807, 2.05) is 51.1 Å². The van der Waals surface area contributed by atoms with E-state index in [1.165, 1.54) is 12.3 Å². The molecule has 0 spiro atoms. The maximum Gasteiger partial charge on any atom is 0.341 e. The van der Waals surface area contributed by atoms with Gasteiger partial charge in [0.15, 0.2) is 12.9 Å². The third kappa shape index (κ3) is 8.31. The maximum atomic E-state index is 11.6. The molecule has 0 radical (unpaired) electrons. The normalized spacial score (nSPS) is 10.0. The smallest absolute Gasteiger partial charge is 0.341 e. The van der Waals surface area contributed by atoms with E-state index in [-0.39, 0.29) is 29.5 Å². The Hall–Kier alpha value is -4.87. The first-order valence-corrected chi connectivity index (χ1v) is 13.2. The lowest BCUT2D eigenvalue weighted by Crippen LogP contribution is -2.09. The number of rotatable bonds is 11. The van der Waals surface area contributed by atoms with Gasteiger partial charge in [0.2, 0.25) is 0 Å². The largest absolute Gasteiger partial charge is 0.488 e. The summed E-state index contributed by atoms with van der Waals surface area (Å²) in [6.45, 7) is 5.84. The van der Waals surface area contributed by atoms with Gasteiger partial charge >= 0.3 is 5.97 Å². The van der Waals surface area contributed by atoms with Crippen LogP contribution in [-0.4, -0.2) is 29.0 Å². The summed E-state index contributed by atoms with van der Waals surface area (Å²) in [6, 6.07) is 19.7. The second kappa shape index (κ2) is 15.1. The molecule has 1 aromatic heterocycles. The molecular weight excluding hydrogens is 544 g/mol. The number of hydrogen-bond donors (Lipinski definition) is 1. The monoisotopic (exact) mass is 572 g/mol. The lowest BCUT2D eigenvalue weighted by Gasteiger charge is -2.16. The zero-order valence-corrected chi connectivity index (χ0v) is 23.6. The number of carboxylic acid groups (broad SMARTS) is 1. The number of aldehydes is 1. The quantitative estimate of drug-likeness (QED) is 0.190. The van der Waals surface area contributed by atoms with Gasteiger partial charge in [-0.15, -0.1) is 0 Å². The minimum Gasteiger partial charge on any atom is -0.488 e. The molecule has 1 heterocycles. The first-order chi connectivity index (χ1) is 19.9. The van der Waals surface area contributed by atoms with Crippen molar-refractivity contribution in [1.82, 2.24) is 4.98 Å². The number of nitrogens with zero attached hydrogens (tertiary/aromatic N) is 2. The molecular formula is C32H29ClN2O6. The molecule has 9 heteroatoms. The fourth-order valence-corrected chi connectivity index (χ4v) is 4.10. The first kappa shape index (κ1) is 30.7. The van der Waals surface area contributed by atoms with Gasteiger partial charge in [-0.05, 0) is 53.4 Å². The van der Waals surface area contributed by atoms with Gasteiger partial charge in [0, 0.05) is 24.0 Å². The van der Waals surface area contributed by atoms with Crippen molar-refractivity contribution in [2.24, 2.45) is 0 Å². The van der Waals surface area contributed by atoms with Gasteiger partial charge in [-0.3, -0.25) is 9.78 Å². The molecule has 0 atom stereocenters. The van der Waals surface area contributed by atoms with Crippen molar-refractivity contribution in [3.8, 4) is 34.4 Å². The maximum absolute atomic E-state index is 11.6. The molecule has 41 heavy (non-hydrogen) atoms. The second-order valence-electron chi connectivity index (χ2n) is 8.51. The summed E-state index contributed by atoms with van der Waals surface area (Å²) >= 11 is 6.40. The Morgan fingerprint density at radius 2 is 1.76 bits per heavy atom. The van der Waals surface area contributed by atoms with Crippen molar-refractivity contribution in [3.63, 3.8) is 0 Å². The van der Waals surface area contributed by atoms with Crippen LogP contribution in [0.3, 0.4) is 0 Å². The van der Waals surface area contributed by atoms with Gasteiger partial charge in [-0.25, -0.2) is 4.79 Å². The van der Waals surface area contributed by atoms with Gasteiger partial charge in [0.1, 0.15) is 36.5 Å². The van der Waals surface area contributed by atoms with Gasteiger partial charge in [-0.2, -0.15) is 5.26 Å². The number of aromatic nitrogens is 1. The minimum atomic E-state index is -1.05. The molecule has 1 N–H and O–H groups in total. The molecule has 0 bridgehead atoms. The number of pyridine rings is 1. The fraction of sp³-hybridized carbons (Fsp3) is 0.188. The van der Waals surface area contributed by atoms with E-state index >= 15 is 0 Å². The van der Waals surface area contributed by atoms with Crippen molar-refractivity contribution < 1.29 is 28.9 Å². The molecule has 0 fully saturated rings. The molecule has 3 aromatic carbocycles. The number of ether oxygens (including phenoxy) is 3. The summed E-state index contributed by atoms with van der Waals surface area (Å²) < 4.78 is 17.2. The zero-order valence-electron chi connectivity index (χ0n) is 22.9. The number of halogens is 1. The van der Waals surface area contributed by atoms with Crippen LogP contribution >= 0.6 is 11.6 Å². The van der Waals surface area contributed by atoms with Crippen LogP contribution < -0.4 is 14.2 Å². The van der Waals surface area contributed by atoms with Crippen molar-refractivity contribution in [1.29, 1.82) is 5.26 Å². The molecule has 0 aliphatic rings. The van der Waals surface area contributed by atoms with Gasteiger partial charge in [-0.1, -0.05) is 55.8 Å². The first-order valence-electron chi connectivity index (χ1n) is 12.8. The highest BCUT2D eigenvalue weighted by Crippen LogP contribution is 2.34. The Kier molecular flexibility index (Phi) is 11.3. The van der Waals surface area contributed by atoms with Crippen LogP contribution in [-0.2, 0) is 18.0 Å². The van der Waals surface area contributed by atoms with E-state index < -0.39 is 12.6 Å². The van der Waals surface area contributed by atoms with E-state index in [4.69, 9.17) is 36.2 Å². The molecule has 4 rings (SSSR count). The number of carboxylic acids is 1. The summed E-state index contributed by atoms with van der Waals surface area (Å²) in [6.07, 6.45) is 3.69. The summed E-state index contributed by atoms with van der Waals surface area (Å²) in [5.74, 6) is 0.0421. The van der Waals surface area contributed by atoms with Crippen LogP contribution in [0.1, 0.15) is 46.5 Å². The van der Waals surface area contributed by atoms with Gasteiger partial charge < -0.3 is 19.3 Å². The Labute approximate surface area is 243 Å². The molecule has 0 amide bonds. The van der Waals surface area contributed by atoms with Crippen LogP contribution in [0, 0.1) is 18.3 Å². The van der Waals surface area contributed by atoms with Crippen molar-refractivity contribution in [3.05, 3.63) is 106 Å². The highest BCUT2D eigenvalue weighted by atomic mass is 35.5. The van der Waals surface area contributed by atoms with E-state index in [9.17, 15) is 9.59 Å². The minimum absolute atomic E-state index is 0.0980. The molecule has 0 unspecified atom stereocenters. The van der Waals surface area contributed by atoms with Crippen LogP contribution in [0.2, 0.25) is 5.02 Å². The van der Waals surface area contributed by atoms with Crippen molar-refractivity contribution in [2.75, 3.05) is 6.61 Å². The van der Waals surface area contributed by atoms with Crippen molar-refractivity contribution in [2.45, 2.75) is 34.0 Å². The highest BCUT2D eigenvalue weighted by Gasteiger charge is 2.14. The predicted octanol–water partition coefficient (Wildman–Crippen LogP) is 7.04. The van der Waals surface area contributed by atoms with Crippen molar-refractivity contribution >= 4 is 23.9 Å². The molecule has 0 saturated carbocycles. The molecule has 210 valence electrons.